The number of nitrogens with zero attached hydrogens (tertiary/aromatic N) is 2. The van der Waals surface area contributed by atoms with Crippen LogP contribution in [0.3, 0.4) is 0 Å². The average Bonchev–Trinajstić information content (AvgIpc) is 3.04. The number of hydrogen-bond acceptors (Lipinski definition) is 4. The lowest BCUT2D eigenvalue weighted by Gasteiger charge is -2.38. The lowest BCUT2D eigenvalue weighted by molar-refractivity contribution is 0.0571. The van der Waals surface area contributed by atoms with Crippen LogP contribution in [0.15, 0.2) is 18.2 Å². The van der Waals surface area contributed by atoms with Gasteiger partial charge in [-0.05, 0) is 25.0 Å². The number of anilines is 1. The van der Waals surface area contributed by atoms with E-state index in [9.17, 15) is 9.90 Å². The predicted molar refractivity (Wildman–Crippen MR) is 82.3 cm³/mol. The molecule has 2 fully saturated rings. The molecule has 0 aromatic heterocycles. The Morgan fingerprint density at radius 3 is 2.48 bits per heavy atom. The molecule has 0 bridgehead atoms. The Morgan fingerprint density at radius 2 is 1.81 bits per heavy atom. The SMILES string of the molecule is Nc1cccc(C(=O)N2CCN(C3CCCC3)CC2)c1O. The van der Waals surface area contributed by atoms with Crippen molar-refractivity contribution < 1.29 is 9.90 Å². The van der Waals surface area contributed by atoms with Crippen molar-refractivity contribution in [2.75, 3.05) is 31.9 Å². The van der Waals surface area contributed by atoms with Crippen molar-refractivity contribution in [1.29, 1.82) is 0 Å². The molecule has 114 valence electrons. The molecule has 1 heterocycles. The van der Waals surface area contributed by atoms with Crippen LogP contribution in [0.2, 0.25) is 0 Å². The zero-order valence-corrected chi connectivity index (χ0v) is 12.3. The first kappa shape index (κ1) is 14.2. The number of carbonyl (C=O) groups is 1. The zero-order chi connectivity index (χ0) is 14.8. The van der Waals surface area contributed by atoms with E-state index < -0.39 is 0 Å². The van der Waals surface area contributed by atoms with Crippen molar-refractivity contribution in [3.05, 3.63) is 23.8 Å². The molecule has 0 atom stereocenters. The number of benzene rings is 1. The highest BCUT2D eigenvalue weighted by atomic mass is 16.3. The molecule has 1 amide bonds. The van der Waals surface area contributed by atoms with Gasteiger partial charge in [-0.1, -0.05) is 18.9 Å². The van der Waals surface area contributed by atoms with Crippen molar-refractivity contribution in [1.82, 2.24) is 9.80 Å². The number of hydrogen-bond donors (Lipinski definition) is 2. The van der Waals surface area contributed by atoms with Crippen LogP contribution in [-0.4, -0.2) is 53.0 Å². The van der Waals surface area contributed by atoms with Gasteiger partial charge in [-0.3, -0.25) is 9.69 Å². The second kappa shape index (κ2) is 5.93. The maximum Gasteiger partial charge on any atom is 0.257 e. The molecule has 21 heavy (non-hydrogen) atoms. The minimum atomic E-state index is -0.120. The van der Waals surface area contributed by atoms with E-state index in [0.29, 0.717) is 11.6 Å². The lowest BCUT2D eigenvalue weighted by atomic mass is 10.1. The van der Waals surface area contributed by atoms with E-state index in [1.54, 1.807) is 18.2 Å². The van der Waals surface area contributed by atoms with Gasteiger partial charge in [0.1, 0.15) is 0 Å². The molecule has 5 heteroatoms. The number of piperazine rings is 1. The van der Waals surface area contributed by atoms with Gasteiger partial charge in [0.05, 0.1) is 11.3 Å². The number of phenols is 1. The van der Waals surface area contributed by atoms with Gasteiger partial charge in [-0.2, -0.15) is 0 Å². The van der Waals surface area contributed by atoms with E-state index >= 15 is 0 Å². The molecule has 0 radical (unpaired) electrons. The van der Waals surface area contributed by atoms with Crippen molar-refractivity contribution in [2.24, 2.45) is 0 Å². The molecule has 1 aliphatic heterocycles. The molecule has 1 saturated carbocycles. The van der Waals surface area contributed by atoms with E-state index in [1.165, 1.54) is 25.7 Å². The van der Waals surface area contributed by atoms with E-state index in [-0.39, 0.29) is 17.3 Å². The molecule has 1 aromatic rings. The Labute approximate surface area is 125 Å². The van der Waals surface area contributed by atoms with Gasteiger partial charge in [0, 0.05) is 32.2 Å². The van der Waals surface area contributed by atoms with E-state index in [4.69, 9.17) is 5.73 Å². The molecule has 1 aromatic carbocycles. The zero-order valence-electron chi connectivity index (χ0n) is 12.3. The smallest absolute Gasteiger partial charge is 0.257 e. The van der Waals surface area contributed by atoms with Gasteiger partial charge < -0.3 is 15.7 Å². The third-order valence-electron chi connectivity index (χ3n) is 4.74. The van der Waals surface area contributed by atoms with Gasteiger partial charge >= 0.3 is 0 Å². The Kier molecular flexibility index (Phi) is 4.01. The third kappa shape index (κ3) is 2.83. The Hall–Kier alpha value is -1.75. The van der Waals surface area contributed by atoms with E-state index in [1.807, 2.05) is 4.90 Å². The molecule has 0 spiro atoms. The quantitative estimate of drug-likeness (QED) is 0.642. The number of aromatic hydroxyl groups is 1. The topological polar surface area (TPSA) is 69.8 Å². The fourth-order valence-electron chi connectivity index (χ4n) is 3.46. The standard InChI is InChI=1S/C16H23N3O2/c17-14-7-3-6-13(15(14)20)16(21)19-10-8-18(9-11-19)12-4-1-2-5-12/h3,6-7,12,20H,1-2,4-5,8-11,17H2. The number of para-hydroxylation sites is 1. The fraction of sp³-hybridized carbons (Fsp3) is 0.562. The summed E-state index contributed by atoms with van der Waals surface area (Å²) in [5.74, 6) is -0.216. The Balaban J connectivity index is 1.63. The summed E-state index contributed by atoms with van der Waals surface area (Å²) in [5.41, 5.74) is 6.23. The first-order chi connectivity index (χ1) is 10.2. The predicted octanol–water partition coefficient (Wildman–Crippen LogP) is 1.67. The molecule has 2 aliphatic rings. The fourth-order valence-corrected chi connectivity index (χ4v) is 3.46. The number of nitrogen functional groups attached to an aromatic ring is 1. The molecule has 1 saturated heterocycles. The second-order valence-electron chi connectivity index (χ2n) is 6.01. The number of nitrogens with two attached hydrogens (primary N) is 1. The highest BCUT2D eigenvalue weighted by molar-refractivity contribution is 5.98. The Bertz CT molecular complexity index is 518. The van der Waals surface area contributed by atoms with Crippen molar-refractivity contribution in [3.63, 3.8) is 0 Å². The molecule has 5 nitrogen and oxygen atoms in total. The summed E-state index contributed by atoms with van der Waals surface area (Å²) < 4.78 is 0. The normalized spacial score (nSPS) is 20.9. The minimum Gasteiger partial charge on any atom is -0.505 e. The second-order valence-corrected chi connectivity index (χ2v) is 6.01. The van der Waals surface area contributed by atoms with Crippen LogP contribution in [0.4, 0.5) is 5.69 Å². The molecular formula is C16H23N3O2. The van der Waals surface area contributed by atoms with Crippen molar-refractivity contribution >= 4 is 11.6 Å². The van der Waals surface area contributed by atoms with Gasteiger partial charge in [-0.25, -0.2) is 0 Å². The summed E-state index contributed by atoms with van der Waals surface area (Å²) in [5, 5.41) is 9.94. The summed E-state index contributed by atoms with van der Waals surface area (Å²) in [6.45, 7) is 3.31. The van der Waals surface area contributed by atoms with Crippen LogP contribution in [0.5, 0.6) is 5.75 Å². The first-order valence-corrected chi connectivity index (χ1v) is 7.77. The largest absolute Gasteiger partial charge is 0.505 e. The van der Waals surface area contributed by atoms with Crippen LogP contribution in [0.1, 0.15) is 36.0 Å². The highest BCUT2D eigenvalue weighted by Gasteiger charge is 2.29. The van der Waals surface area contributed by atoms with E-state index in [2.05, 4.69) is 4.90 Å². The monoisotopic (exact) mass is 289 g/mol. The summed E-state index contributed by atoms with van der Waals surface area (Å²) >= 11 is 0. The van der Waals surface area contributed by atoms with Gasteiger partial charge in [0.25, 0.3) is 5.91 Å². The summed E-state index contributed by atoms with van der Waals surface area (Å²) in [4.78, 5) is 16.8. The van der Waals surface area contributed by atoms with Crippen LogP contribution < -0.4 is 5.73 Å². The summed E-state index contributed by atoms with van der Waals surface area (Å²) in [7, 11) is 0. The Morgan fingerprint density at radius 1 is 1.14 bits per heavy atom. The summed E-state index contributed by atoms with van der Waals surface area (Å²) in [6, 6.07) is 5.65. The van der Waals surface area contributed by atoms with Gasteiger partial charge in [0.2, 0.25) is 0 Å². The molecule has 3 N–H and O–H groups in total. The van der Waals surface area contributed by atoms with Gasteiger partial charge in [0.15, 0.2) is 5.75 Å². The molecule has 1 aliphatic carbocycles. The maximum absolute atomic E-state index is 12.5. The number of carbonyl (C=O) groups excluding carboxylic acids is 1. The molecular weight excluding hydrogens is 266 g/mol. The lowest BCUT2D eigenvalue weighted by Crippen LogP contribution is -2.51. The summed E-state index contributed by atoms with van der Waals surface area (Å²) in [6.07, 6.45) is 5.26. The number of rotatable bonds is 2. The van der Waals surface area contributed by atoms with Crippen molar-refractivity contribution in [2.45, 2.75) is 31.7 Å². The average molecular weight is 289 g/mol. The van der Waals surface area contributed by atoms with Crippen LogP contribution in [0.25, 0.3) is 0 Å². The first-order valence-electron chi connectivity index (χ1n) is 7.77. The molecule has 3 rings (SSSR count). The highest BCUT2D eigenvalue weighted by Crippen LogP contribution is 2.27. The minimum absolute atomic E-state index is 0.0966. The maximum atomic E-state index is 12.5. The molecule has 0 unspecified atom stereocenters. The van der Waals surface area contributed by atoms with E-state index in [0.717, 1.165) is 26.2 Å². The van der Waals surface area contributed by atoms with Crippen LogP contribution >= 0.6 is 0 Å². The number of phenolic OH excluding ortho intramolecular Hbond substituents is 1. The third-order valence-corrected chi connectivity index (χ3v) is 4.74. The van der Waals surface area contributed by atoms with Crippen molar-refractivity contribution in [3.8, 4) is 5.75 Å². The number of amides is 1. The van der Waals surface area contributed by atoms with Crippen LogP contribution in [-0.2, 0) is 0 Å². The van der Waals surface area contributed by atoms with Gasteiger partial charge in [-0.15, -0.1) is 0 Å². The van der Waals surface area contributed by atoms with Crippen LogP contribution in [0, 0.1) is 0 Å².